The van der Waals surface area contributed by atoms with Crippen molar-refractivity contribution in [2.75, 3.05) is 38.6 Å². The van der Waals surface area contributed by atoms with Crippen molar-refractivity contribution in [2.24, 2.45) is 5.92 Å². The van der Waals surface area contributed by atoms with Crippen molar-refractivity contribution in [3.8, 4) is 5.75 Å². The number of aromatic amines is 1. The first kappa shape index (κ1) is 25.2. The van der Waals surface area contributed by atoms with E-state index in [1.807, 2.05) is 0 Å². The Kier molecular flexibility index (Phi) is 7.51. The molecule has 2 fully saturated rings. The number of carbonyl (C=O) groups is 2. The van der Waals surface area contributed by atoms with Crippen LogP contribution >= 0.6 is 0 Å². The number of hydrogen-bond donors (Lipinski definition) is 2. The highest BCUT2D eigenvalue weighted by molar-refractivity contribution is 7.89. The molecule has 2 aliphatic rings. The van der Waals surface area contributed by atoms with E-state index in [1.165, 1.54) is 4.31 Å². The SMILES string of the molecule is COc1cccc(NC(=O)C2CCN(S(=O)(=O)c3c(C)[nH]c(C)c3C(=O)N3CCCCC3)CC2)c1. The van der Waals surface area contributed by atoms with Crippen LogP contribution in [-0.4, -0.2) is 67.7 Å². The maximum atomic E-state index is 13.7. The van der Waals surface area contributed by atoms with Crippen LogP contribution < -0.4 is 10.1 Å². The number of rotatable bonds is 6. The molecule has 0 aliphatic carbocycles. The van der Waals surface area contributed by atoms with E-state index in [4.69, 9.17) is 4.74 Å². The number of aromatic nitrogens is 1. The van der Waals surface area contributed by atoms with Gasteiger partial charge in [-0.15, -0.1) is 0 Å². The summed E-state index contributed by atoms with van der Waals surface area (Å²) in [7, 11) is -2.33. The number of likely N-dealkylation sites (tertiary alicyclic amines) is 1. The third kappa shape index (κ3) is 5.23. The second-order valence-electron chi connectivity index (χ2n) is 9.33. The molecule has 0 bridgehead atoms. The van der Waals surface area contributed by atoms with Crippen LogP contribution in [0, 0.1) is 19.8 Å². The average molecular weight is 503 g/mol. The molecular weight excluding hydrogens is 468 g/mol. The van der Waals surface area contributed by atoms with Crippen LogP contribution in [-0.2, 0) is 14.8 Å². The zero-order chi connectivity index (χ0) is 25.2. The van der Waals surface area contributed by atoms with Gasteiger partial charge in [0.25, 0.3) is 5.91 Å². The zero-order valence-corrected chi connectivity index (χ0v) is 21.4. The number of aryl methyl sites for hydroxylation is 2. The molecule has 2 amide bonds. The predicted molar refractivity (Wildman–Crippen MR) is 133 cm³/mol. The van der Waals surface area contributed by atoms with Gasteiger partial charge in [-0.3, -0.25) is 9.59 Å². The van der Waals surface area contributed by atoms with Gasteiger partial charge in [-0.05, 0) is 58.1 Å². The van der Waals surface area contributed by atoms with Crippen LogP contribution in [0.25, 0.3) is 0 Å². The van der Waals surface area contributed by atoms with Crippen LogP contribution in [0.15, 0.2) is 29.2 Å². The molecule has 2 N–H and O–H groups in total. The highest BCUT2D eigenvalue weighted by atomic mass is 32.2. The summed E-state index contributed by atoms with van der Waals surface area (Å²) in [5.41, 5.74) is 1.94. The first-order valence-electron chi connectivity index (χ1n) is 12.2. The summed E-state index contributed by atoms with van der Waals surface area (Å²) in [4.78, 5) is 31.0. The zero-order valence-electron chi connectivity index (χ0n) is 20.6. The molecule has 2 aliphatic heterocycles. The van der Waals surface area contributed by atoms with Crippen LogP contribution in [0.4, 0.5) is 5.69 Å². The van der Waals surface area contributed by atoms with E-state index >= 15 is 0 Å². The van der Waals surface area contributed by atoms with E-state index < -0.39 is 10.0 Å². The van der Waals surface area contributed by atoms with Crippen molar-refractivity contribution in [2.45, 2.75) is 50.8 Å². The lowest BCUT2D eigenvalue weighted by Crippen LogP contribution is -2.42. The number of nitrogens with one attached hydrogen (secondary N) is 2. The third-order valence-corrected chi connectivity index (χ3v) is 9.01. The minimum absolute atomic E-state index is 0.0739. The second kappa shape index (κ2) is 10.4. The van der Waals surface area contributed by atoms with Gasteiger partial charge in [0.15, 0.2) is 0 Å². The maximum Gasteiger partial charge on any atom is 0.257 e. The highest BCUT2D eigenvalue weighted by Crippen LogP contribution is 2.32. The molecule has 1 aromatic heterocycles. The molecule has 10 heteroatoms. The smallest absolute Gasteiger partial charge is 0.257 e. The summed E-state index contributed by atoms with van der Waals surface area (Å²) >= 11 is 0. The summed E-state index contributed by atoms with van der Waals surface area (Å²) in [5, 5.41) is 2.90. The molecule has 35 heavy (non-hydrogen) atoms. The second-order valence-corrected chi connectivity index (χ2v) is 11.2. The molecule has 190 valence electrons. The monoisotopic (exact) mass is 502 g/mol. The number of methoxy groups -OCH3 is 1. The van der Waals surface area contributed by atoms with Crippen LogP contribution in [0.2, 0.25) is 0 Å². The summed E-state index contributed by atoms with van der Waals surface area (Å²) in [6.45, 7) is 5.18. The number of nitrogens with zero attached hydrogens (tertiary/aromatic N) is 2. The van der Waals surface area contributed by atoms with Crippen molar-refractivity contribution < 1.29 is 22.7 Å². The van der Waals surface area contributed by atoms with E-state index in [2.05, 4.69) is 10.3 Å². The Morgan fingerprint density at radius 3 is 2.37 bits per heavy atom. The quantitative estimate of drug-likeness (QED) is 0.630. The predicted octanol–water partition coefficient (Wildman–Crippen LogP) is 3.31. The molecule has 2 saturated heterocycles. The van der Waals surface area contributed by atoms with Gasteiger partial charge in [-0.2, -0.15) is 4.31 Å². The summed E-state index contributed by atoms with van der Waals surface area (Å²) in [5.74, 6) is -0.00504. The van der Waals surface area contributed by atoms with Gasteiger partial charge in [-0.25, -0.2) is 8.42 Å². The van der Waals surface area contributed by atoms with Gasteiger partial charge in [0.1, 0.15) is 10.6 Å². The van der Waals surface area contributed by atoms with Gasteiger partial charge in [-0.1, -0.05) is 6.07 Å². The Bertz CT molecular complexity index is 1190. The minimum Gasteiger partial charge on any atom is -0.497 e. The molecule has 0 saturated carbocycles. The molecule has 0 radical (unpaired) electrons. The normalized spacial score (nSPS) is 17.9. The lowest BCUT2D eigenvalue weighted by atomic mass is 9.97. The molecule has 0 atom stereocenters. The van der Waals surface area contributed by atoms with Crippen molar-refractivity contribution in [3.63, 3.8) is 0 Å². The first-order valence-corrected chi connectivity index (χ1v) is 13.6. The third-order valence-electron chi connectivity index (χ3n) is 6.93. The first-order chi connectivity index (χ1) is 16.7. The van der Waals surface area contributed by atoms with Crippen molar-refractivity contribution in [1.82, 2.24) is 14.2 Å². The molecule has 2 aromatic rings. The van der Waals surface area contributed by atoms with Gasteiger partial charge in [0.05, 0.1) is 12.7 Å². The van der Waals surface area contributed by atoms with Crippen molar-refractivity contribution in [3.05, 3.63) is 41.2 Å². The number of hydrogen-bond acceptors (Lipinski definition) is 5. The molecule has 4 rings (SSSR count). The molecule has 1 aromatic carbocycles. The molecular formula is C25H34N4O5S. The maximum absolute atomic E-state index is 13.7. The number of carbonyl (C=O) groups excluding carboxylic acids is 2. The fourth-order valence-electron chi connectivity index (χ4n) is 5.03. The molecule has 9 nitrogen and oxygen atoms in total. The number of sulfonamides is 1. The molecule has 0 unspecified atom stereocenters. The number of ether oxygens (including phenoxy) is 1. The van der Waals surface area contributed by atoms with Crippen LogP contribution in [0.3, 0.4) is 0 Å². The van der Waals surface area contributed by atoms with Gasteiger partial charge in [0, 0.05) is 55.2 Å². The van der Waals surface area contributed by atoms with Gasteiger partial charge in [0.2, 0.25) is 15.9 Å². The van der Waals surface area contributed by atoms with Crippen LogP contribution in [0.5, 0.6) is 5.75 Å². The van der Waals surface area contributed by atoms with E-state index in [1.54, 1.807) is 50.1 Å². The summed E-state index contributed by atoms with van der Waals surface area (Å²) in [6.07, 6.45) is 3.77. The lowest BCUT2D eigenvalue weighted by molar-refractivity contribution is -0.120. The number of anilines is 1. The Morgan fingerprint density at radius 1 is 1.03 bits per heavy atom. The highest BCUT2D eigenvalue weighted by Gasteiger charge is 2.38. The largest absolute Gasteiger partial charge is 0.497 e. The average Bonchev–Trinajstić information content (AvgIpc) is 3.18. The minimum atomic E-state index is -3.90. The van der Waals surface area contributed by atoms with E-state index in [9.17, 15) is 18.0 Å². The fraction of sp³-hybridized carbons (Fsp3) is 0.520. The van der Waals surface area contributed by atoms with E-state index in [0.717, 1.165) is 19.3 Å². The Morgan fingerprint density at radius 2 is 1.71 bits per heavy atom. The summed E-state index contributed by atoms with van der Waals surface area (Å²) in [6, 6.07) is 7.13. The standard InChI is InChI=1S/C25H34N4O5S/c1-17-22(25(31)28-12-5-4-6-13-28)23(18(2)26-17)35(32,33)29-14-10-19(11-15-29)24(30)27-20-8-7-9-21(16-20)34-3/h7-9,16,19,26H,4-6,10-15H2,1-3H3,(H,27,30). The van der Waals surface area contributed by atoms with Crippen molar-refractivity contribution in [1.29, 1.82) is 0 Å². The Labute approximate surface area is 206 Å². The fourth-order valence-corrected chi connectivity index (χ4v) is 6.91. The number of piperidine rings is 2. The number of H-pyrrole nitrogens is 1. The van der Waals surface area contributed by atoms with Gasteiger partial charge >= 0.3 is 0 Å². The van der Waals surface area contributed by atoms with Crippen molar-refractivity contribution >= 4 is 27.5 Å². The van der Waals surface area contributed by atoms with E-state index in [-0.39, 0.29) is 41.3 Å². The van der Waals surface area contributed by atoms with Gasteiger partial charge < -0.3 is 19.9 Å². The summed E-state index contributed by atoms with van der Waals surface area (Å²) < 4.78 is 34.0. The van der Waals surface area contributed by atoms with E-state index in [0.29, 0.717) is 48.8 Å². The lowest BCUT2D eigenvalue weighted by Gasteiger charge is -2.31. The Balaban J connectivity index is 1.47. The topological polar surface area (TPSA) is 112 Å². The Hall–Kier alpha value is -2.85. The molecule has 0 spiro atoms. The van der Waals surface area contributed by atoms with Crippen LogP contribution in [0.1, 0.15) is 53.8 Å². The molecule has 3 heterocycles. The number of amides is 2. The number of benzene rings is 1.